The highest BCUT2D eigenvalue weighted by molar-refractivity contribution is 5.88. The Bertz CT molecular complexity index is 817. The third-order valence-corrected chi connectivity index (χ3v) is 5.01. The molecule has 0 unspecified atom stereocenters. The normalized spacial score (nSPS) is 20.7. The van der Waals surface area contributed by atoms with Crippen molar-refractivity contribution in [1.29, 1.82) is 0 Å². The second kappa shape index (κ2) is 9.35. The van der Waals surface area contributed by atoms with E-state index in [0.29, 0.717) is 19.3 Å². The van der Waals surface area contributed by atoms with E-state index in [-0.39, 0.29) is 18.4 Å². The van der Waals surface area contributed by atoms with Gasteiger partial charge in [0.25, 0.3) is 0 Å². The number of carbonyl (C=O) groups excluding carboxylic acids is 3. The third-order valence-electron chi connectivity index (χ3n) is 5.01. The van der Waals surface area contributed by atoms with Crippen LogP contribution in [-0.4, -0.2) is 56.4 Å². The van der Waals surface area contributed by atoms with Gasteiger partial charge in [0.15, 0.2) is 0 Å². The summed E-state index contributed by atoms with van der Waals surface area (Å²) in [5.41, 5.74) is -2.17. The molecule has 1 N–H and O–H groups in total. The Morgan fingerprint density at radius 1 is 0.970 bits per heavy atom. The zero-order valence-electron chi connectivity index (χ0n) is 21.4. The van der Waals surface area contributed by atoms with Crippen LogP contribution >= 0.6 is 0 Å². The predicted molar refractivity (Wildman–Crippen MR) is 123 cm³/mol. The maximum atomic E-state index is 13.0. The molecule has 1 aliphatic rings. The monoisotopic (exact) mass is 465 g/mol. The van der Waals surface area contributed by atoms with Gasteiger partial charge in [-0.1, -0.05) is 0 Å². The van der Waals surface area contributed by atoms with Crippen LogP contribution < -0.4 is 0 Å². The van der Waals surface area contributed by atoms with E-state index in [9.17, 15) is 14.4 Å². The maximum Gasteiger partial charge on any atom is 0.419 e. The molecule has 0 aromatic carbocycles. The van der Waals surface area contributed by atoms with Crippen molar-refractivity contribution in [2.45, 2.75) is 104 Å². The van der Waals surface area contributed by atoms with Crippen molar-refractivity contribution < 1.29 is 28.6 Å². The first kappa shape index (κ1) is 26.7. The third kappa shape index (κ3) is 7.47. The van der Waals surface area contributed by atoms with Crippen LogP contribution in [-0.2, 0) is 24.4 Å². The number of carbonyl (C=O) groups is 3. The van der Waals surface area contributed by atoms with Gasteiger partial charge in [-0.05, 0) is 87.5 Å². The lowest BCUT2D eigenvalue weighted by molar-refractivity contribution is -0.158. The van der Waals surface area contributed by atoms with Gasteiger partial charge in [-0.15, -0.1) is 0 Å². The maximum absolute atomic E-state index is 13.0. The number of hydrogen-bond donors (Lipinski definition) is 1. The van der Waals surface area contributed by atoms with Gasteiger partial charge >= 0.3 is 18.2 Å². The molecule has 9 nitrogen and oxygen atoms in total. The van der Waals surface area contributed by atoms with Crippen LogP contribution in [0, 0.1) is 5.92 Å². The summed E-state index contributed by atoms with van der Waals surface area (Å²) < 4.78 is 16.5. The van der Waals surface area contributed by atoms with Crippen LogP contribution in [0.1, 0.15) is 87.3 Å². The number of amides is 2. The Morgan fingerprint density at radius 2 is 1.48 bits per heavy atom. The number of nitrogens with zero attached hydrogens (tertiary/aromatic N) is 2. The highest BCUT2D eigenvalue weighted by Gasteiger charge is 2.63. The lowest BCUT2D eigenvalue weighted by Gasteiger charge is -2.28. The molecule has 186 valence electrons. The van der Waals surface area contributed by atoms with Gasteiger partial charge in [0, 0.05) is 12.7 Å². The molecule has 0 spiro atoms. The van der Waals surface area contributed by atoms with Crippen molar-refractivity contribution >= 4 is 18.2 Å². The molecule has 9 heteroatoms. The van der Waals surface area contributed by atoms with Crippen molar-refractivity contribution in [3.8, 4) is 0 Å². The molecule has 0 saturated heterocycles. The first-order valence-corrected chi connectivity index (χ1v) is 11.4. The SMILES string of the molecule is CC(C)(C)OC(=O)N(CCC[C@H]1C[C@]1(C(=O)OC(C)(C)C)c1cnc[nH]1)C(=O)OC(C)(C)C. The number of hydrogen-bond acceptors (Lipinski definition) is 7. The van der Waals surface area contributed by atoms with E-state index in [1.807, 2.05) is 20.8 Å². The summed E-state index contributed by atoms with van der Waals surface area (Å²) in [5, 5.41) is 0. The number of imidazole rings is 1. The molecular weight excluding hydrogens is 426 g/mol. The fourth-order valence-electron chi connectivity index (χ4n) is 3.62. The summed E-state index contributed by atoms with van der Waals surface area (Å²) in [6.45, 7) is 16.1. The van der Waals surface area contributed by atoms with E-state index in [0.717, 1.165) is 10.6 Å². The number of esters is 1. The first-order chi connectivity index (χ1) is 14.9. The Kier molecular flexibility index (Phi) is 7.55. The summed E-state index contributed by atoms with van der Waals surface area (Å²) >= 11 is 0. The number of rotatable bonds is 6. The standard InChI is InChI=1S/C24H39N3O6/c1-21(2,3)31-18(28)24(17-14-25-15-26-17)13-16(24)11-10-12-27(19(29)32-22(4,5)6)20(30)33-23(7,8)9/h14-16H,10-13H2,1-9H3,(H,25,26)/t16-,24+/m0/s1. The quantitative estimate of drug-likeness (QED) is 0.467. The minimum Gasteiger partial charge on any atom is -0.459 e. The van der Waals surface area contributed by atoms with Gasteiger partial charge < -0.3 is 19.2 Å². The molecule has 0 bridgehead atoms. The van der Waals surface area contributed by atoms with E-state index < -0.39 is 34.4 Å². The van der Waals surface area contributed by atoms with Crippen molar-refractivity contribution in [3.63, 3.8) is 0 Å². The van der Waals surface area contributed by atoms with E-state index in [1.54, 1.807) is 54.1 Å². The summed E-state index contributed by atoms with van der Waals surface area (Å²) in [6, 6.07) is 0. The van der Waals surface area contributed by atoms with Crippen molar-refractivity contribution in [3.05, 3.63) is 18.2 Å². The average molecular weight is 466 g/mol. The summed E-state index contributed by atoms with van der Waals surface area (Å²) in [7, 11) is 0. The second-order valence-electron chi connectivity index (χ2n) is 11.6. The van der Waals surface area contributed by atoms with Crippen LogP contribution in [0.5, 0.6) is 0 Å². The van der Waals surface area contributed by atoms with Crippen molar-refractivity contribution in [2.24, 2.45) is 5.92 Å². The van der Waals surface area contributed by atoms with Gasteiger partial charge in [0.05, 0.1) is 12.0 Å². The van der Waals surface area contributed by atoms with E-state index >= 15 is 0 Å². The number of aromatic amines is 1. The Hall–Kier alpha value is -2.58. The molecule has 1 saturated carbocycles. The van der Waals surface area contributed by atoms with Crippen LogP contribution in [0.3, 0.4) is 0 Å². The summed E-state index contributed by atoms with van der Waals surface area (Å²) in [4.78, 5) is 46.5. The number of nitrogens with one attached hydrogen (secondary N) is 1. The van der Waals surface area contributed by atoms with Crippen LogP contribution in [0.25, 0.3) is 0 Å². The highest BCUT2D eigenvalue weighted by atomic mass is 16.6. The largest absolute Gasteiger partial charge is 0.459 e. The molecule has 33 heavy (non-hydrogen) atoms. The predicted octanol–water partition coefficient (Wildman–Crippen LogP) is 4.96. The van der Waals surface area contributed by atoms with Gasteiger partial charge in [-0.2, -0.15) is 0 Å². The summed E-state index contributed by atoms with van der Waals surface area (Å²) in [5.74, 6) is -0.285. The number of ether oxygens (including phenoxy) is 3. The first-order valence-electron chi connectivity index (χ1n) is 11.4. The van der Waals surface area contributed by atoms with Crippen molar-refractivity contribution in [2.75, 3.05) is 6.54 Å². The molecule has 2 atom stereocenters. The molecule has 1 heterocycles. The molecule has 0 aliphatic heterocycles. The van der Waals surface area contributed by atoms with E-state index in [1.165, 1.54) is 0 Å². The average Bonchev–Trinajstić information content (AvgIpc) is 3.05. The molecule has 1 fully saturated rings. The minimum atomic E-state index is -0.785. The molecule has 2 rings (SSSR count). The molecule has 1 aromatic heterocycles. The topological polar surface area (TPSA) is 111 Å². The zero-order valence-corrected chi connectivity index (χ0v) is 21.4. The van der Waals surface area contributed by atoms with Crippen LogP contribution in [0.15, 0.2) is 12.5 Å². The lowest BCUT2D eigenvalue weighted by Crippen LogP contribution is -2.44. The number of H-pyrrole nitrogens is 1. The molecule has 2 amide bonds. The lowest BCUT2D eigenvalue weighted by atomic mass is 9.97. The Balaban J connectivity index is 2.09. The van der Waals surface area contributed by atoms with Gasteiger partial charge in [0.2, 0.25) is 0 Å². The minimum absolute atomic E-state index is 0.00641. The molecule has 1 aromatic rings. The zero-order chi connectivity index (χ0) is 25.2. The van der Waals surface area contributed by atoms with Gasteiger partial charge in [-0.25, -0.2) is 19.5 Å². The highest BCUT2D eigenvalue weighted by Crippen LogP contribution is 2.57. The fraction of sp³-hybridized carbons (Fsp3) is 0.750. The number of imide groups is 1. The Labute approximate surface area is 196 Å². The van der Waals surface area contributed by atoms with E-state index in [4.69, 9.17) is 14.2 Å². The second-order valence-corrected chi connectivity index (χ2v) is 11.6. The number of aromatic nitrogens is 2. The molecule has 0 radical (unpaired) electrons. The van der Waals surface area contributed by atoms with Crippen LogP contribution in [0.4, 0.5) is 9.59 Å². The van der Waals surface area contributed by atoms with E-state index in [2.05, 4.69) is 9.97 Å². The van der Waals surface area contributed by atoms with Crippen molar-refractivity contribution in [1.82, 2.24) is 14.9 Å². The fourth-order valence-corrected chi connectivity index (χ4v) is 3.62. The van der Waals surface area contributed by atoms with Gasteiger partial charge in [0.1, 0.15) is 22.2 Å². The van der Waals surface area contributed by atoms with Crippen LogP contribution in [0.2, 0.25) is 0 Å². The smallest absolute Gasteiger partial charge is 0.419 e. The summed E-state index contributed by atoms with van der Waals surface area (Å²) in [6.07, 6.45) is 3.41. The molecular formula is C24H39N3O6. The Morgan fingerprint density at radius 3 is 1.91 bits per heavy atom. The molecule has 1 aliphatic carbocycles. The van der Waals surface area contributed by atoms with Gasteiger partial charge in [-0.3, -0.25) is 4.79 Å².